The van der Waals surface area contributed by atoms with Gasteiger partial charge in [-0.25, -0.2) is 0 Å². The minimum Gasteiger partial charge on any atom is -0.393 e. The fourth-order valence-electron chi connectivity index (χ4n) is 7.31. The van der Waals surface area contributed by atoms with Crippen molar-refractivity contribution in [2.24, 2.45) is 34.5 Å². The first kappa shape index (κ1) is 17.2. The van der Waals surface area contributed by atoms with Crippen LogP contribution in [0.2, 0.25) is 0 Å². The van der Waals surface area contributed by atoms with Crippen LogP contribution >= 0.6 is 0 Å². The van der Waals surface area contributed by atoms with Gasteiger partial charge < -0.3 is 10.2 Å². The molecule has 0 heterocycles. The van der Waals surface area contributed by atoms with E-state index in [-0.39, 0.29) is 23.0 Å². The predicted molar refractivity (Wildman–Crippen MR) is 93.2 cm³/mol. The molecule has 0 aromatic rings. The Morgan fingerprint density at radius 3 is 2.72 bits per heavy atom. The second-order valence-electron chi connectivity index (χ2n) is 9.62. The summed E-state index contributed by atoms with van der Waals surface area (Å²) in [5.41, 5.74) is -0.776. The molecule has 4 aliphatic rings. The van der Waals surface area contributed by atoms with E-state index in [1.807, 2.05) is 13.0 Å². The lowest BCUT2D eigenvalue weighted by atomic mass is 9.44. The third kappa shape index (κ3) is 2.03. The Labute approximate surface area is 149 Å². The van der Waals surface area contributed by atoms with Crippen molar-refractivity contribution in [3.63, 3.8) is 0 Å². The SMILES string of the molecule is CC1C[C@@H]2[C@H]([C@@H](O)C[C@@]3(C)[C@H]2CC[C@]3(O)C#N)[C@@]2(C)CCC(=O)C=C12. The maximum atomic E-state index is 12.0. The molecule has 4 rings (SSSR count). The maximum Gasteiger partial charge on any atom is 0.156 e. The molecule has 0 radical (unpaired) electrons. The van der Waals surface area contributed by atoms with Crippen molar-refractivity contribution >= 4 is 5.78 Å². The molecule has 0 amide bonds. The van der Waals surface area contributed by atoms with Crippen LogP contribution in [0.25, 0.3) is 0 Å². The normalized spacial score (nSPS) is 54.8. The van der Waals surface area contributed by atoms with Gasteiger partial charge in [0, 0.05) is 11.8 Å². The molecule has 3 fully saturated rings. The summed E-state index contributed by atoms with van der Waals surface area (Å²) >= 11 is 0. The fraction of sp³-hybridized carbons (Fsp3) is 0.810. The van der Waals surface area contributed by atoms with Crippen molar-refractivity contribution in [3.05, 3.63) is 11.6 Å². The zero-order valence-corrected chi connectivity index (χ0v) is 15.5. The van der Waals surface area contributed by atoms with Crippen LogP contribution in [0.3, 0.4) is 0 Å². The molecule has 0 aromatic heterocycles. The molecule has 4 heteroatoms. The lowest BCUT2D eigenvalue weighted by Crippen LogP contribution is -2.60. The van der Waals surface area contributed by atoms with Gasteiger partial charge in [0.1, 0.15) is 0 Å². The quantitative estimate of drug-likeness (QED) is 0.663. The largest absolute Gasteiger partial charge is 0.393 e. The number of carbonyl (C=O) groups excluding carboxylic acids is 1. The molecule has 0 bridgehead atoms. The molecular formula is C21H29NO3. The van der Waals surface area contributed by atoms with Crippen molar-refractivity contribution in [1.82, 2.24) is 0 Å². The van der Waals surface area contributed by atoms with E-state index in [1.54, 1.807) is 0 Å². The van der Waals surface area contributed by atoms with E-state index in [0.717, 1.165) is 19.3 Å². The molecule has 3 saturated carbocycles. The number of nitrogens with zero attached hydrogens (tertiary/aromatic N) is 1. The van der Waals surface area contributed by atoms with Gasteiger partial charge in [-0.15, -0.1) is 0 Å². The summed E-state index contributed by atoms with van der Waals surface area (Å²) in [6.07, 6.45) is 5.48. The zero-order valence-electron chi connectivity index (χ0n) is 15.5. The molecule has 2 N–H and O–H groups in total. The topological polar surface area (TPSA) is 81.3 Å². The van der Waals surface area contributed by atoms with Gasteiger partial charge >= 0.3 is 0 Å². The number of hydrogen-bond acceptors (Lipinski definition) is 4. The van der Waals surface area contributed by atoms with Crippen LogP contribution in [0.4, 0.5) is 0 Å². The van der Waals surface area contributed by atoms with Crippen molar-refractivity contribution in [2.45, 2.75) is 71.0 Å². The zero-order chi connectivity index (χ0) is 18.2. The van der Waals surface area contributed by atoms with Gasteiger partial charge in [0.05, 0.1) is 12.2 Å². The van der Waals surface area contributed by atoms with E-state index >= 15 is 0 Å². The van der Waals surface area contributed by atoms with Crippen LogP contribution in [0, 0.1) is 45.8 Å². The highest BCUT2D eigenvalue weighted by Gasteiger charge is 2.67. The Morgan fingerprint density at radius 1 is 1.32 bits per heavy atom. The number of fused-ring (bicyclic) bond motifs is 5. The van der Waals surface area contributed by atoms with Crippen LogP contribution in [0.1, 0.15) is 59.3 Å². The van der Waals surface area contributed by atoms with Crippen molar-refractivity contribution in [1.29, 1.82) is 5.26 Å². The fourth-order valence-corrected chi connectivity index (χ4v) is 7.31. The minimum absolute atomic E-state index is 0.127. The lowest BCUT2D eigenvalue weighted by molar-refractivity contribution is -0.160. The van der Waals surface area contributed by atoms with Gasteiger partial charge in [0.2, 0.25) is 0 Å². The molecule has 1 unspecified atom stereocenters. The maximum absolute atomic E-state index is 12.0. The van der Waals surface area contributed by atoms with E-state index in [2.05, 4.69) is 19.9 Å². The number of ketones is 1. The van der Waals surface area contributed by atoms with Gasteiger partial charge in [0.25, 0.3) is 0 Å². The molecule has 0 aromatic carbocycles. The molecule has 4 nitrogen and oxygen atoms in total. The monoisotopic (exact) mass is 343 g/mol. The van der Waals surface area contributed by atoms with Crippen LogP contribution < -0.4 is 0 Å². The molecule has 8 atom stereocenters. The number of aliphatic hydroxyl groups is 2. The highest BCUT2D eigenvalue weighted by molar-refractivity contribution is 5.91. The smallest absolute Gasteiger partial charge is 0.156 e. The van der Waals surface area contributed by atoms with Crippen LogP contribution in [-0.4, -0.2) is 27.7 Å². The van der Waals surface area contributed by atoms with Gasteiger partial charge in [-0.3, -0.25) is 4.79 Å². The summed E-state index contributed by atoms with van der Waals surface area (Å²) < 4.78 is 0. The third-order valence-corrected chi connectivity index (χ3v) is 8.55. The second-order valence-corrected chi connectivity index (χ2v) is 9.62. The third-order valence-electron chi connectivity index (χ3n) is 8.55. The Kier molecular flexibility index (Phi) is 3.57. The first-order valence-electron chi connectivity index (χ1n) is 9.73. The molecular weight excluding hydrogens is 314 g/mol. The molecule has 4 aliphatic carbocycles. The van der Waals surface area contributed by atoms with Crippen LogP contribution in [-0.2, 0) is 4.79 Å². The summed E-state index contributed by atoms with van der Waals surface area (Å²) in [5.74, 6) is 1.24. The van der Waals surface area contributed by atoms with Gasteiger partial charge in [0.15, 0.2) is 11.4 Å². The highest BCUT2D eigenvalue weighted by Crippen LogP contribution is 2.68. The van der Waals surface area contributed by atoms with E-state index in [0.29, 0.717) is 31.1 Å². The van der Waals surface area contributed by atoms with E-state index < -0.39 is 17.1 Å². The van der Waals surface area contributed by atoms with E-state index in [4.69, 9.17) is 0 Å². The van der Waals surface area contributed by atoms with Gasteiger partial charge in [-0.1, -0.05) is 26.3 Å². The second kappa shape index (κ2) is 5.18. The summed E-state index contributed by atoms with van der Waals surface area (Å²) in [5, 5.41) is 31.7. The molecule has 25 heavy (non-hydrogen) atoms. The van der Waals surface area contributed by atoms with Gasteiger partial charge in [-0.05, 0) is 67.3 Å². The summed E-state index contributed by atoms with van der Waals surface area (Å²) in [6, 6.07) is 2.17. The van der Waals surface area contributed by atoms with E-state index in [1.165, 1.54) is 5.57 Å². The number of aliphatic hydroxyl groups excluding tert-OH is 1. The molecule has 0 spiro atoms. The summed E-state index contributed by atoms with van der Waals surface area (Å²) in [6.45, 7) is 6.44. The van der Waals surface area contributed by atoms with Crippen LogP contribution in [0.15, 0.2) is 11.6 Å². The summed E-state index contributed by atoms with van der Waals surface area (Å²) in [7, 11) is 0. The Hall–Kier alpha value is -1.18. The molecule has 0 aliphatic heterocycles. The number of nitriles is 1. The minimum atomic E-state index is -1.33. The lowest BCUT2D eigenvalue weighted by Gasteiger charge is -2.61. The predicted octanol–water partition coefficient (Wildman–Crippen LogP) is 2.99. The first-order chi connectivity index (χ1) is 11.7. The standard InChI is InChI=1S/C21H29NO3/c1-12-8-14-15-5-7-21(25,11-22)20(15,3)10-17(24)18(14)19(2)6-4-13(23)9-16(12)19/h9,12,14-15,17-18,24-25H,4-8,10H2,1-3H3/t12?,14-,15-,17-,18+,19-,20-,21-/m0/s1. The number of carbonyl (C=O) groups is 1. The molecule has 136 valence electrons. The Morgan fingerprint density at radius 2 is 2.04 bits per heavy atom. The Bertz CT molecular complexity index is 694. The van der Waals surface area contributed by atoms with Crippen molar-refractivity contribution in [2.75, 3.05) is 0 Å². The average molecular weight is 343 g/mol. The molecule has 0 saturated heterocycles. The average Bonchev–Trinajstić information content (AvgIpc) is 2.81. The van der Waals surface area contributed by atoms with E-state index in [9.17, 15) is 20.3 Å². The first-order valence-corrected chi connectivity index (χ1v) is 9.73. The van der Waals surface area contributed by atoms with Crippen LogP contribution in [0.5, 0.6) is 0 Å². The number of rotatable bonds is 0. The van der Waals surface area contributed by atoms with Gasteiger partial charge in [-0.2, -0.15) is 5.26 Å². The Balaban J connectivity index is 1.79. The van der Waals surface area contributed by atoms with Crippen molar-refractivity contribution in [3.8, 4) is 6.07 Å². The number of hydrogen-bond donors (Lipinski definition) is 2. The highest BCUT2D eigenvalue weighted by atomic mass is 16.3. The number of allylic oxidation sites excluding steroid dienone is 1. The summed E-state index contributed by atoms with van der Waals surface area (Å²) in [4.78, 5) is 12.0. The van der Waals surface area contributed by atoms with Crippen molar-refractivity contribution < 1.29 is 15.0 Å².